The van der Waals surface area contributed by atoms with Crippen LogP contribution in [0.1, 0.15) is 55.4 Å². The minimum absolute atomic E-state index is 0.0621. The molecule has 1 aliphatic heterocycles. The maximum atomic E-state index is 12.2. The first kappa shape index (κ1) is 17.9. The second-order valence-corrected chi connectivity index (χ2v) is 7.35. The van der Waals surface area contributed by atoms with E-state index in [0.29, 0.717) is 5.92 Å². The molecule has 4 N–H and O–H groups in total. The second-order valence-electron chi connectivity index (χ2n) is 7.35. The van der Waals surface area contributed by atoms with Crippen LogP contribution < -0.4 is 27.1 Å². The van der Waals surface area contributed by atoms with Gasteiger partial charge in [-0.15, -0.1) is 0 Å². The fourth-order valence-electron chi connectivity index (χ4n) is 3.74. The molecule has 0 aromatic carbocycles. The topological polar surface area (TPSA) is 110 Å². The number of H-pyrrole nitrogens is 3. The van der Waals surface area contributed by atoms with Crippen molar-refractivity contribution < 1.29 is 0 Å². The summed E-state index contributed by atoms with van der Waals surface area (Å²) in [5, 5.41) is 3.66. The third kappa shape index (κ3) is 3.68. The Hall–Kier alpha value is -2.45. The summed E-state index contributed by atoms with van der Waals surface area (Å²) in [6.07, 6.45) is 4.89. The quantitative estimate of drug-likeness (QED) is 0.554. The number of piperazine rings is 1. The van der Waals surface area contributed by atoms with Crippen molar-refractivity contribution in [2.45, 2.75) is 38.1 Å². The van der Waals surface area contributed by atoms with E-state index in [0.717, 1.165) is 62.7 Å². The maximum Gasteiger partial charge on any atom is 0.272 e. The Labute approximate surface area is 156 Å². The Bertz CT molecular complexity index is 1040. The molecule has 2 aromatic heterocycles. The molecule has 2 aromatic rings. The first-order valence-corrected chi connectivity index (χ1v) is 9.64. The SMILES string of the molecule is C=c1[nH]c(=O)c(=Cc2nc(C(CC)N3CCNCC3)[nH]c2C2CC2)[nH]c1=O. The highest BCUT2D eigenvalue weighted by molar-refractivity contribution is 5.49. The molecular weight excluding hydrogens is 344 g/mol. The van der Waals surface area contributed by atoms with Crippen molar-refractivity contribution in [3.8, 4) is 0 Å². The van der Waals surface area contributed by atoms with E-state index < -0.39 is 5.56 Å². The summed E-state index contributed by atoms with van der Waals surface area (Å²) in [7, 11) is 0. The van der Waals surface area contributed by atoms with E-state index in [1.807, 2.05) is 0 Å². The average molecular weight is 370 g/mol. The van der Waals surface area contributed by atoms with Gasteiger partial charge in [-0.05, 0) is 25.3 Å². The molecule has 3 heterocycles. The monoisotopic (exact) mass is 370 g/mol. The molecule has 8 nitrogen and oxygen atoms in total. The van der Waals surface area contributed by atoms with E-state index in [9.17, 15) is 9.59 Å². The number of aromatic nitrogens is 4. The second kappa shape index (κ2) is 7.28. The van der Waals surface area contributed by atoms with Crippen LogP contribution in [-0.2, 0) is 0 Å². The van der Waals surface area contributed by atoms with Gasteiger partial charge in [0.15, 0.2) is 0 Å². The first-order valence-electron chi connectivity index (χ1n) is 9.64. The van der Waals surface area contributed by atoms with Crippen molar-refractivity contribution in [1.82, 2.24) is 30.2 Å². The lowest BCUT2D eigenvalue weighted by Gasteiger charge is -2.33. The minimum Gasteiger partial charge on any atom is -0.344 e. The summed E-state index contributed by atoms with van der Waals surface area (Å²) >= 11 is 0. The van der Waals surface area contributed by atoms with Crippen LogP contribution in [-0.4, -0.2) is 51.0 Å². The van der Waals surface area contributed by atoms with Crippen molar-refractivity contribution >= 4 is 12.7 Å². The van der Waals surface area contributed by atoms with E-state index >= 15 is 0 Å². The van der Waals surface area contributed by atoms with Crippen molar-refractivity contribution in [3.63, 3.8) is 0 Å². The van der Waals surface area contributed by atoms with E-state index in [1.54, 1.807) is 6.08 Å². The number of nitrogens with one attached hydrogen (secondary N) is 4. The van der Waals surface area contributed by atoms with Crippen LogP contribution in [0.3, 0.4) is 0 Å². The molecule has 1 atom stereocenters. The summed E-state index contributed by atoms with van der Waals surface area (Å²) in [4.78, 5) is 39.9. The predicted octanol–water partition coefficient (Wildman–Crippen LogP) is -0.741. The molecule has 0 amide bonds. The van der Waals surface area contributed by atoms with Gasteiger partial charge in [-0.3, -0.25) is 14.5 Å². The van der Waals surface area contributed by atoms with Crippen LogP contribution in [0.5, 0.6) is 0 Å². The van der Waals surface area contributed by atoms with Crippen molar-refractivity contribution in [2.24, 2.45) is 0 Å². The van der Waals surface area contributed by atoms with Gasteiger partial charge in [0.25, 0.3) is 11.1 Å². The Morgan fingerprint density at radius 1 is 1.19 bits per heavy atom. The highest BCUT2D eigenvalue weighted by atomic mass is 16.1. The van der Waals surface area contributed by atoms with Crippen LogP contribution in [0.15, 0.2) is 9.59 Å². The van der Waals surface area contributed by atoms with Gasteiger partial charge >= 0.3 is 0 Å². The van der Waals surface area contributed by atoms with Crippen LogP contribution in [0.2, 0.25) is 0 Å². The highest BCUT2D eigenvalue weighted by Crippen LogP contribution is 2.41. The van der Waals surface area contributed by atoms with Crippen LogP contribution in [0.25, 0.3) is 12.7 Å². The van der Waals surface area contributed by atoms with Crippen LogP contribution >= 0.6 is 0 Å². The third-order valence-corrected chi connectivity index (χ3v) is 5.37. The number of aromatic amines is 3. The normalized spacial score (nSPS) is 20.1. The van der Waals surface area contributed by atoms with E-state index in [4.69, 9.17) is 4.98 Å². The van der Waals surface area contributed by atoms with E-state index in [1.165, 1.54) is 0 Å². The fourth-order valence-corrected chi connectivity index (χ4v) is 3.74. The van der Waals surface area contributed by atoms with Crippen LogP contribution in [0.4, 0.5) is 0 Å². The Kier molecular flexibility index (Phi) is 4.84. The molecule has 0 bridgehead atoms. The molecule has 1 aliphatic carbocycles. The van der Waals surface area contributed by atoms with Crippen molar-refractivity contribution in [3.05, 3.63) is 48.6 Å². The van der Waals surface area contributed by atoms with Gasteiger partial charge in [0.05, 0.1) is 17.1 Å². The van der Waals surface area contributed by atoms with Gasteiger partial charge in [0.1, 0.15) is 11.2 Å². The van der Waals surface area contributed by atoms with Gasteiger partial charge in [0, 0.05) is 37.8 Å². The third-order valence-electron chi connectivity index (χ3n) is 5.37. The lowest BCUT2D eigenvalue weighted by molar-refractivity contribution is 0.163. The molecule has 0 spiro atoms. The Balaban J connectivity index is 1.76. The van der Waals surface area contributed by atoms with Gasteiger partial charge < -0.3 is 20.3 Å². The van der Waals surface area contributed by atoms with Gasteiger partial charge in [-0.1, -0.05) is 13.5 Å². The van der Waals surface area contributed by atoms with E-state index in [2.05, 4.69) is 38.7 Å². The molecule has 4 rings (SSSR count). The highest BCUT2D eigenvalue weighted by Gasteiger charge is 2.31. The van der Waals surface area contributed by atoms with Gasteiger partial charge in [-0.2, -0.15) is 0 Å². The molecular formula is C19H26N6O2. The zero-order valence-electron chi connectivity index (χ0n) is 15.6. The molecule has 144 valence electrons. The predicted molar refractivity (Wildman–Crippen MR) is 104 cm³/mol. The largest absolute Gasteiger partial charge is 0.344 e. The van der Waals surface area contributed by atoms with Crippen molar-refractivity contribution in [1.29, 1.82) is 0 Å². The zero-order chi connectivity index (χ0) is 19.0. The number of rotatable bonds is 5. The summed E-state index contributed by atoms with van der Waals surface area (Å²) in [5.74, 6) is 1.40. The standard InChI is InChI=1S/C19H26N6O2/c1-3-15(25-8-6-20-7-9-25)17-22-13(16(24-17)12-4-5-12)10-14-19(27)21-11(2)18(26)23-14/h10,12,15,20H,2-9H2,1H3,(H,21,27)(H,22,24)(H,23,26). The summed E-state index contributed by atoms with van der Waals surface area (Å²) in [6.45, 7) is 9.66. The molecule has 8 heteroatoms. The number of nitrogens with zero attached hydrogens (tertiary/aromatic N) is 2. The lowest BCUT2D eigenvalue weighted by atomic mass is 10.1. The zero-order valence-corrected chi connectivity index (χ0v) is 15.6. The summed E-state index contributed by atoms with van der Waals surface area (Å²) < 4.78 is 0. The Morgan fingerprint density at radius 3 is 2.59 bits per heavy atom. The number of imidazole rings is 1. The van der Waals surface area contributed by atoms with Gasteiger partial charge in [-0.25, -0.2) is 4.98 Å². The van der Waals surface area contributed by atoms with E-state index in [-0.39, 0.29) is 22.3 Å². The molecule has 2 fully saturated rings. The molecule has 27 heavy (non-hydrogen) atoms. The lowest BCUT2D eigenvalue weighted by Crippen LogP contribution is -2.46. The smallest absolute Gasteiger partial charge is 0.272 e. The molecule has 1 saturated heterocycles. The maximum absolute atomic E-state index is 12.2. The number of hydrogen-bond donors (Lipinski definition) is 4. The molecule has 0 radical (unpaired) electrons. The number of hydrogen-bond acceptors (Lipinski definition) is 5. The summed E-state index contributed by atoms with van der Waals surface area (Å²) in [5.41, 5.74) is 1.06. The Morgan fingerprint density at radius 2 is 1.93 bits per heavy atom. The minimum atomic E-state index is -0.392. The van der Waals surface area contributed by atoms with Crippen LogP contribution in [0, 0.1) is 0 Å². The molecule has 1 saturated carbocycles. The molecule has 1 unspecified atom stereocenters. The van der Waals surface area contributed by atoms with Crippen molar-refractivity contribution in [2.75, 3.05) is 26.2 Å². The molecule has 2 aliphatic rings. The first-order chi connectivity index (χ1) is 13.1. The fraction of sp³-hybridized carbons (Fsp3) is 0.526. The van der Waals surface area contributed by atoms with Gasteiger partial charge in [0.2, 0.25) is 0 Å². The average Bonchev–Trinajstić information content (AvgIpc) is 3.43. The summed E-state index contributed by atoms with van der Waals surface area (Å²) in [6, 6.07) is 0.228.